The number of amidine groups is 1. The van der Waals surface area contributed by atoms with Crippen LogP contribution in [0.5, 0.6) is 0 Å². The summed E-state index contributed by atoms with van der Waals surface area (Å²) in [6.07, 6.45) is 0. The molecule has 1 aliphatic heterocycles. The van der Waals surface area contributed by atoms with E-state index >= 15 is 0 Å². The van der Waals surface area contributed by atoms with Crippen molar-refractivity contribution in [2.75, 3.05) is 13.1 Å². The summed E-state index contributed by atoms with van der Waals surface area (Å²) in [4.78, 5) is 20.1. The van der Waals surface area contributed by atoms with Crippen LogP contribution >= 0.6 is 0 Å². The lowest BCUT2D eigenvalue weighted by atomic mass is 10.2. The van der Waals surface area contributed by atoms with Crippen LogP contribution in [0.25, 0.3) is 10.9 Å². The summed E-state index contributed by atoms with van der Waals surface area (Å²) in [6, 6.07) is 11.4. The van der Waals surface area contributed by atoms with Gasteiger partial charge in [0.1, 0.15) is 5.69 Å². The van der Waals surface area contributed by atoms with Crippen LogP contribution in [0.2, 0.25) is 0 Å². The lowest BCUT2D eigenvalue weighted by Gasteiger charge is -2.04. The van der Waals surface area contributed by atoms with Gasteiger partial charge in [0.25, 0.3) is 6.02 Å². The van der Waals surface area contributed by atoms with E-state index in [2.05, 4.69) is 15.3 Å². The lowest BCUT2D eigenvalue weighted by Crippen LogP contribution is -2.24. The average molecular weight is 241 g/mol. The summed E-state index contributed by atoms with van der Waals surface area (Å²) in [6.45, 7) is 1.33. The fourth-order valence-corrected chi connectivity index (χ4v) is 1.76. The third-order valence-electron chi connectivity index (χ3n) is 2.64. The Kier molecular flexibility index (Phi) is 2.64. The van der Waals surface area contributed by atoms with E-state index in [4.69, 9.17) is 4.74 Å². The van der Waals surface area contributed by atoms with Gasteiger partial charge >= 0.3 is 5.97 Å². The molecule has 5 heteroatoms. The number of aromatic nitrogens is 1. The number of pyridine rings is 1. The second-order valence-electron chi connectivity index (χ2n) is 3.89. The van der Waals surface area contributed by atoms with Crippen molar-refractivity contribution >= 4 is 22.9 Å². The number of esters is 1. The van der Waals surface area contributed by atoms with Crippen molar-refractivity contribution in [2.24, 2.45) is 4.99 Å². The van der Waals surface area contributed by atoms with E-state index in [1.54, 1.807) is 6.07 Å². The second kappa shape index (κ2) is 4.44. The van der Waals surface area contributed by atoms with Gasteiger partial charge in [0.15, 0.2) is 0 Å². The Hall–Kier alpha value is -2.43. The zero-order valence-electron chi connectivity index (χ0n) is 9.59. The molecule has 0 bridgehead atoms. The highest BCUT2D eigenvalue weighted by Gasteiger charge is 2.15. The quantitative estimate of drug-likeness (QED) is 0.765. The first-order chi connectivity index (χ1) is 8.83. The first-order valence-corrected chi connectivity index (χ1v) is 5.69. The zero-order chi connectivity index (χ0) is 12.4. The predicted octanol–water partition coefficient (Wildman–Crippen LogP) is 1.35. The molecule has 0 fully saturated rings. The number of rotatable bonds is 1. The molecule has 5 nitrogen and oxygen atoms in total. The first-order valence-electron chi connectivity index (χ1n) is 5.69. The molecule has 0 radical (unpaired) electrons. The first kappa shape index (κ1) is 10.7. The highest BCUT2D eigenvalue weighted by molar-refractivity contribution is 5.98. The molecule has 0 aliphatic carbocycles. The van der Waals surface area contributed by atoms with Gasteiger partial charge in [0, 0.05) is 11.9 Å². The maximum absolute atomic E-state index is 11.8. The minimum atomic E-state index is -0.492. The number of hydrogen-bond acceptors (Lipinski definition) is 5. The Morgan fingerprint density at radius 2 is 2.11 bits per heavy atom. The summed E-state index contributed by atoms with van der Waals surface area (Å²) < 4.78 is 5.08. The van der Waals surface area contributed by atoms with Gasteiger partial charge in [-0.2, -0.15) is 0 Å². The lowest BCUT2D eigenvalue weighted by molar-refractivity contribution is 0.0704. The molecule has 0 saturated heterocycles. The number of hydrogen-bond donors (Lipinski definition) is 1. The second-order valence-corrected chi connectivity index (χ2v) is 3.89. The number of aliphatic imine (C=N–C) groups is 1. The van der Waals surface area contributed by atoms with Crippen LogP contribution in [0, 0.1) is 0 Å². The average Bonchev–Trinajstić information content (AvgIpc) is 2.91. The molecule has 18 heavy (non-hydrogen) atoms. The highest BCUT2D eigenvalue weighted by atomic mass is 16.6. The van der Waals surface area contributed by atoms with Crippen molar-refractivity contribution < 1.29 is 9.53 Å². The maximum Gasteiger partial charge on any atom is 0.364 e. The van der Waals surface area contributed by atoms with Gasteiger partial charge in [-0.3, -0.25) is 0 Å². The number of para-hydroxylation sites is 1. The van der Waals surface area contributed by atoms with Gasteiger partial charge in [-0.15, -0.1) is 0 Å². The number of carbonyl (C=O) groups excluding carboxylic acids is 1. The molecule has 0 saturated carbocycles. The van der Waals surface area contributed by atoms with Gasteiger partial charge in [-0.1, -0.05) is 24.3 Å². The molecule has 90 valence electrons. The van der Waals surface area contributed by atoms with Gasteiger partial charge in [0.2, 0.25) is 0 Å². The molecule has 1 aliphatic rings. The summed E-state index contributed by atoms with van der Waals surface area (Å²) in [5.74, 6) is -0.492. The molecule has 3 rings (SSSR count). The molecule has 1 aromatic carbocycles. The van der Waals surface area contributed by atoms with E-state index in [1.807, 2.05) is 30.3 Å². The van der Waals surface area contributed by atoms with Crippen LogP contribution in [-0.2, 0) is 4.74 Å². The molecule has 2 heterocycles. The number of carbonyl (C=O) groups is 1. The van der Waals surface area contributed by atoms with Crippen LogP contribution in [0.4, 0.5) is 0 Å². The number of nitrogens with zero attached hydrogens (tertiary/aromatic N) is 2. The molecule has 0 spiro atoms. The number of ether oxygens (including phenoxy) is 1. The normalized spacial score (nSPS) is 14.1. The molecule has 1 aromatic heterocycles. The van der Waals surface area contributed by atoms with E-state index in [9.17, 15) is 4.79 Å². The van der Waals surface area contributed by atoms with E-state index in [0.29, 0.717) is 13.1 Å². The third kappa shape index (κ3) is 2.02. The van der Waals surface area contributed by atoms with E-state index < -0.39 is 5.97 Å². The fraction of sp³-hybridized carbons (Fsp3) is 0.154. The summed E-state index contributed by atoms with van der Waals surface area (Å²) in [7, 11) is 0. The standard InChI is InChI=1S/C13H11N3O2/c17-12(18-13-14-7-8-15-13)11-6-5-9-3-1-2-4-10(9)16-11/h1-6H,7-8H2,(H,14,15). The van der Waals surface area contributed by atoms with Crippen molar-refractivity contribution in [2.45, 2.75) is 0 Å². The predicted molar refractivity (Wildman–Crippen MR) is 67.5 cm³/mol. The van der Waals surface area contributed by atoms with Crippen molar-refractivity contribution in [1.29, 1.82) is 0 Å². The molecule has 0 atom stereocenters. The van der Waals surface area contributed by atoms with Gasteiger partial charge in [-0.05, 0) is 12.1 Å². The summed E-state index contributed by atoms with van der Waals surface area (Å²) >= 11 is 0. The minimum Gasteiger partial charge on any atom is -0.388 e. The van der Waals surface area contributed by atoms with Gasteiger partial charge in [-0.25, -0.2) is 14.8 Å². The van der Waals surface area contributed by atoms with Gasteiger partial charge in [0.05, 0.1) is 12.1 Å². The molecule has 0 amide bonds. The molecular weight excluding hydrogens is 230 g/mol. The number of benzene rings is 1. The monoisotopic (exact) mass is 241 g/mol. The minimum absolute atomic E-state index is 0.273. The van der Waals surface area contributed by atoms with Gasteiger partial charge < -0.3 is 10.1 Å². The summed E-state index contributed by atoms with van der Waals surface area (Å²) in [5, 5.41) is 3.86. The van der Waals surface area contributed by atoms with Crippen LogP contribution in [0.15, 0.2) is 41.4 Å². The SMILES string of the molecule is O=C(OC1=NCCN1)c1ccc2ccccc2n1. The van der Waals surface area contributed by atoms with Crippen LogP contribution in [-0.4, -0.2) is 30.1 Å². The van der Waals surface area contributed by atoms with E-state index in [0.717, 1.165) is 10.9 Å². The highest BCUT2D eigenvalue weighted by Crippen LogP contribution is 2.12. The van der Waals surface area contributed by atoms with Crippen molar-refractivity contribution in [3.05, 3.63) is 42.1 Å². The largest absolute Gasteiger partial charge is 0.388 e. The van der Waals surface area contributed by atoms with E-state index in [1.165, 1.54) is 0 Å². The molecule has 2 aromatic rings. The molecule has 0 unspecified atom stereocenters. The Bertz CT molecular complexity index is 637. The smallest absolute Gasteiger partial charge is 0.364 e. The summed E-state index contributed by atoms with van der Waals surface area (Å²) in [5.41, 5.74) is 1.05. The van der Waals surface area contributed by atoms with Crippen molar-refractivity contribution in [1.82, 2.24) is 10.3 Å². The topological polar surface area (TPSA) is 63.6 Å². The maximum atomic E-state index is 11.8. The van der Waals surface area contributed by atoms with Crippen LogP contribution in [0.3, 0.4) is 0 Å². The third-order valence-corrected chi connectivity index (χ3v) is 2.64. The molecular formula is C13H11N3O2. The molecule has 1 N–H and O–H groups in total. The van der Waals surface area contributed by atoms with Crippen molar-refractivity contribution in [3.8, 4) is 0 Å². The van der Waals surface area contributed by atoms with Crippen LogP contribution < -0.4 is 5.32 Å². The Balaban J connectivity index is 1.87. The van der Waals surface area contributed by atoms with E-state index in [-0.39, 0.29) is 11.7 Å². The zero-order valence-corrected chi connectivity index (χ0v) is 9.59. The Morgan fingerprint density at radius 1 is 1.22 bits per heavy atom. The van der Waals surface area contributed by atoms with Crippen LogP contribution in [0.1, 0.15) is 10.5 Å². The Labute approximate surface area is 104 Å². The number of fused-ring (bicyclic) bond motifs is 1. The number of nitrogens with one attached hydrogen (secondary N) is 1. The fourth-order valence-electron chi connectivity index (χ4n) is 1.76. The van der Waals surface area contributed by atoms with Crippen molar-refractivity contribution in [3.63, 3.8) is 0 Å². The Morgan fingerprint density at radius 3 is 2.94 bits per heavy atom.